The maximum Gasteiger partial charge on any atom is 0.410 e. The van der Waals surface area contributed by atoms with Gasteiger partial charge in [0, 0.05) is 13.1 Å². The molecule has 1 fully saturated rings. The fourth-order valence-electron chi connectivity index (χ4n) is 2.04. The van der Waals surface area contributed by atoms with Crippen LogP contribution in [-0.4, -0.2) is 35.7 Å². The predicted molar refractivity (Wildman–Crippen MR) is 76.3 cm³/mol. The van der Waals surface area contributed by atoms with Gasteiger partial charge in [0.25, 0.3) is 0 Å². The van der Waals surface area contributed by atoms with Crippen LogP contribution >= 0.6 is 0 Å². The molecular formula is C15H20F2N2O2. The molecule has 4 nitrogen and oxygen atoms in total. The molecule has 1 amide bonds. The van der Waals surface area contributed by atoms with Crippen LogP contribution in [0.5, 0.6) is 0 Å². The molecular weight excluding hydrogens is 278 g/mol. The van der Waals surface area contributed by atoms with Crippen molar-refractivity contribution in [2.75, 3.05) is 18.4 Å². The van der Waals surface area contributed by atoms with E-state index in [1.54, 1.807) is 27.7 Å². The third kappa shape index (κ3) is 3.62. The molecule has 1 aromatic carbocycles. The Labute approximate surface area is 123 Å². The lowest BCUT2D eigenvalue weighted by Gasteiger charge is -2.40. The zero-order valence-electron chi connectivity index (χ0n) is 12.7. The van der Waals surface area contributed by atoms with Gasteiger partial charge in [-0.25, -0.2) is 13.6 Å². The summed E-state index contributed by atoms with van der Waals surface area (Å²) in [5.41, 5.74) is -0.310. The van der Waals surface area contributed by atoms with Crippen molar-refractivity contribution in [1.82, 2.24) is 4.90 Å². The fraction of sp³-hybridized carbons (Fsp3) is 0.533. The third-order valence-electron chi connectivity index (χ3n) is 3.17. The summed E-state index contributed by atoms with van der Waals surface area (Å²) in [6.45, 7) is 7.67. The summed E-state index contributed by atoms with van der Waals surface area (Å²) in [5, 5.41) is 2.80. The second kappa shape index (κ2) is 5.50. The zero-order chi connectivity index (χ0) is 15.8. The van der Waals surface area contributed by atoms with E-state index in [4.69, 9.17) is 4.74 Å². The van der Waals surface area contributed by atoms with Gasteiger partial charge in [-0.1, -0.05) is 6.07 Å². The topological polar surface area (TPSA) is 41.6 Å². The van der Waals surface area contributed by atoms with E-state index in [-0.39, 0.29) is 11.7 Å². The number of amides is 1. The number of hydrogen-bond acceptors (Lipinski definition) is 3. The van der Waals surface area contributed by atoms with Crippen LogP contribution in [0, 0.1) is 18.6 Å². The molecule has 21 heavy (non-hydrogen) atoms. The SMILES string of the molecule is Cc1ccc(F)c(NC2CN(C(=O)OC(C)(C)C)C2)c1F. The van der Waals surface area contributed by atoms with Gasteiger partial charge in [-0.05, 0) is 39.3 Å². The number of benzene rings is 1. The van der Waals surface area contributed by atoms with Gasteiger partial charge in [0.05, 0.1) is 6.04 Å². The minimum absolute atomic E-state index is 0.135. The van der Waals surface area contributed by atoms with Crippen molar-refractivity contribution < 1.29 is 18.3 Å². The Morgan fingerprint density at radius 3 is 2.52 bits per heavy atom. The molecule has 1 aliphatic heterocycles. The van der Waals surface area contributed by atoms with E-state index < -0.39 is 23.3 Å². The standard InChI is InChI=1S/C15H20F2N2O2/c1-9-5-6-11(16)13(12(9)17)18-10-7-19(8-10)14(20)21-15(2,3)4/h5-6,10,18H,7-8H2,1-4H3. The molecule has 0 aromatic heterocycles. The highest BCUT2D eigenvalue weighted by Gasteiger charge is 2.34. The summed E-state index contributed by atoms with van der Waals surface area (Å²) in [6, 6.07) is 2.44. The number of aryl methyl sites for hydroxylation is 1. The highest BCUT2D eigenvalue weighted by molar-refractivity contribution is 5.69. The molecule has 1 saturated heterocycles. The third-order valence-corrected chi connectivity index (χ3v) is 3.17. The molecule has 0 atom stereocenters. The van der Waals surface area contributed by atoms with E-state index in [1.165, 1.54) is 17.0 Å². The minimum Gasteiger partial charge on any atom is -0.444 e. The summed E-state index contributed by atoms with van der Waals surface area (Å²) in [4.78, 5) is 13.2. The highest BCUT2D eigenvalue weighted by atomic mass is 19.1. The van der Waals surface area contributed by atoms with Crippen molar-refractivity contribution in [2.45, 2.75) is 39.3 Å². The zero-order valence-corrected chi connectivity index (χ0v) is 12.7. The number of carbonyl (C=O) groups excluding carboxylic acids is 1. The Hall–Kier alpha value is -1.85. The maximum absolute atomic E-state index is 13.9. The quantitative estimate of drug-likeness (QED) is 0.911. The number of hydrogen-bond donors (Lipinski definition) is 1. The number of likely N-dealkylation sites (tertiary alicyclic amines) is 1. The molecule has 1 N–H and O–H groups in total. The van der Waals surface area contributed by atoms with E-state index >= 15 is 0 Å². The van der Waals surface area contributed by atoms with Gasteiger partial charge in [-0.15, -0.1) is 0 Å². The lowest BCUT2D eigenvalue weighted by Crippen LogP contribution is -2.58. The molecule has 1 aromatic rings. The molecule has 0 saturated carbocycles. The van der Waals surface area contributed by atoms with Crippen LogP contribution in [0.2, 0.25) is 0 Å². The Kier molecular flexibility index (Phi) is 4.07. The average Bonchev–Trinajstić information content (AvgIpc) is 2.29. The van der Waals surface area contributed by atoms with Crippen LogP contribution in [0.15, 0.2) is 12.1 Å². The summed E-state index contributed by atoms with van der Waals surface area (Å²) < 4.78 is 32.7. The molecule has 0 aliphatic carbocycles. The van der Waals surface area contributed by atoms with Gasteiger partial charge in [0.15, 0.2) is 5.82 Å². The van der Waals surface area contributed by atoms with Crippen molar-refractivity contribution in [1.29, 1.82) is 0 Å². The van der Waals surface area contributed by atoms with Crippen LogP contribution in [0.1, 0.15) is 26.3 Å². The second-order valence-corrected chi connectivity index (χ2v) is 6.28. The van der Waals surface area contributed by atoms with E-state index in [0.717, 1.165) is 0 Å². The van der Waals surface area contributed by atoms with Crippen LogP contribution < -0.4 is 5.32 Å². The molecule has 1 heterocycles. The van der Waals surface area contributed by atoms with E-state index in [9.17, 15) is 13.6 Å². The van der Waals surface area contributed by atoms with Crippen LogP contribution in [0.4, 0.5) is 19.3 Å². The molecule has 2 rings (SSSR count). The molecule has 6 heteroatoms. The number of carbonyl (C=O) groups is 1. The molecule has 0 unspecified atom stereocenters. The van der Waals surface area contributed by atoms with Crippen molar-refractivity contribution >= 4 is 11.8 Å². The first-order chi connectivity index (χ1) is 9.67. The monoisotopic (exact) mass is 298 g/mol. The molecule has 116 valence electrons. The summed E-state index contributed by atoms with van der Waals surface area (Å²) >= 11 is 0. The number of ether oxygens (including phenoxy) is 1. The van der Waals surface area contributed by atoms with Gasteiger partial charge in [-0.3, -0.25) is 0 Å². The van der Waals surface area contributed by atoms with E-state index in [1.807, 2.05) is 0 Å². The van der Waals surface area contributed by atoms with Gasteiger partial charge >= 0.3 is 6.09 Å². The summed E-state index contributed by atoms with van der Waals surface area (Å²) in [5.74, 6) is -1.22. The lowest BCUT2D eigenvalue weighted by molar-refractivity contribution is 0.0104. The molecule has 0 bridgehead atoms. The first-order valence-corrected chi connectivity index (χ1v) is 6.86. The largest absolute Gasteiger partial charge is 0.444 e. The fourth-order valence-corrected chi connectivity index (χ4v) is 2.04. The molecule has 1 aliphatic rings. The second-order valence-electron chi connectivity index (χ2n) is 6.28. The van der Waals surface area contributed by atoms with Gasteiger partial charge < -0.3 is 15.0 Å². The van der Waals surface area contributed by atoms with Gasteiger partial charge in [0.1, 0.15) is 17.1 Å². The first-order valence-electron chi connectivity index (χ1n) is 6.86. The van der Waals surface area contributed by atoms with E-state index in [0.29, 0.717) is 18.7 Å². The minimum atomic E-state index is -0.631. The average molecular weight is 298 g/mol. The van der Waals surface area contributed by atoms with Crippen LogP contribution in [-0.2, 0) is 4.74 Å². The highest BCUT2D eigenvalue weighted by Crippen LogP contribution is 2.25. The number of nitrogens with one attached hydrogen (secondary N) is 1. The number of rotatable bonds is 2. The van der Waals surface area contributed by atoms with Crippen molar-refractivity contribution in [3.05, 3.63) is 29.3 Å². The smallest absolute Gasteiger partial charge is 0.410 e. The number of nitrogens with zero attached hydrogens (tertiary/aromatic N) is 1. The van der Waals surface area contributed by atoms with E-state index in [2.05, 4.69) is 5.32 Å². The van der Waals surface area contributed by atoms with Gasteiger partial charge in [-0.2, -0.15) is 0 Å². The number of halogens is 2. The van der Waals surface area contributed by atoms with Gasteiger partial charge in [0.2, 0.25) is 0 Å². The van der Waals surface area contributed by atoms with Crippen molar-refractivity contribution in [3.8, 4) is 0 Å². The Morgan fingerprint density at radius 2 is 1.95 bits per heavy atom. The summed E-state index contributed by atoms with van der Waals surface area (Å²) in [6.07, 6.45) is -0.411. The first kappa shape index (κ1) is 15.5. The summed E-state index contributed by atoms with van der Waals surface area (Å²) in [7, 11) is 0. The Balaban J connectivity index is 1.92. The normalized spacial score (nSPS) is 15.6. The number of anilines is 1. The van der Waals surface area contributed by atoms with Crippen molar-refractivity contribution in [2.24, 2.45) is 0 Å². The maximum atomic E-state index is 13.9. The lowest BCUT2D eigenvalue weighted by atomic mass is 10.1. The Bertz CT molecular complexity index is 549. The molecule has 0 spiro atoms. The van der Waals surface area contributed by atoms with Crippen LogP contribution in [0.3, 0.4) is 0 Å². The molecule has 0 radical (unpaired) electrons. The van der Waals surface area contributed by atoms with Crippen LogP contribution in [0.25, 0.3) is 0 Å². The predicted octanol–water partition coefficient (Wildman–Crippen LogP) is 3.30. The Morgan fingerprint density at radius 1 is 1.33 bits per heavy atom. The van der Waals surface area contributed by atoms with Crippen molar-refractivity contribution in [3.63, 3.8) is 0 Å².